The highest BCUT2D eigenvalue weighted by Gasteiger charge is 2.23. The lowest BCUT2D eigenvalue weighted by Gasteiger charge is -2.16. The van der Waals surface area contributed by atoms with E-state index >= 15 is 0 Å². The van der Waals surface area contributed by atoms with Gasteiger partial charge in [-0.2, -0.15) is 9.97 Å². The molecule has 0 saturated carbocycles. The van der Waals surface area contributed by atoms with Crippen molar-refractivity contribution in [2.45, 2.75) is 52.5 Å². The van der Waals surface area contributed by atoms with Crippen molar-refractivity contribution in [3.8, 4) is 17.7 Å². The highest BCUT2D eigenvalue weighted by atomic mass is 16.5. The quantitative estimate of drug-likeness (QED) is 0.357. The molecule has 0 aromatic carbocycles. The van der Waals surface area contributed by atoms with Crippen LogP contribution in [-0.2, 0) is 28.7 Å². The van der Waals surface area contributed by atoms with E-state index in [0.717, 1.165) is 0 Å². The number of hydrogen-bond donors (Lipinski definition) is 3. The summed E-state index contributed by atoms with van der Waals surface area (Å²) in [5.41, 5.74) is -0.0303. The number of hydrogen-bond acceptors (Lipinski definition) is 10. The summed E-state index contributed by atoms with van der Waals surface area (Å²) in [5, 5.41) is 15.6. The summed E-state index contributed by atoms with van der Waals surface area (Å²) >= 11 is 0. The number of carbonyl (C=O) groups excluding carboxylic acids is 4. The third-order valence-corrected chi connectivity index (χ3v) is 4.83. The molecule has 36 heavy (non-hydrogen) atoms. The molecule has 0 saturated heterocycles. The first-order valence-corrected chi connectivity index (χ1v) is 11.1. The lowest BCUT2D eigenvalue weighted by Crippen LogP contribution is -2.41. The molecule has 2 aromatic heterocycles. The molecule has 2 amide bonds. The second kappa shape index (κ2) is 12.4. The van der Waals surface area contributed by atoms with Gasteiger partial charge in [-0.25, -0.2) is 9.78 Å². The standard InChI is InChI=1S/C24H29N5O7/c1-24(2,3)22(34)29-23-27-19-15(20(32)28-23)12-14(13-25-19)8-6-7-9-17(30)26-16(21(33)36-5)10-11-18(31)35-4/h12-13,16H,7,9-11H2,1-5H3,(H,26,30)(H2,25,27,28,29,32,34)/t16-/m0/s1. The van der Waals surface area contributed by atoms with Gasteiger partial charge >= 0.3 is 11.9 Å². The van der Waals surface area contributed by atoms with Crippen molar-refractivity contribution < 1.29 is 33.8 Å². The molecule has 0 unspecified atom stereocenters. The van der Waals surface area contributed by atoms with E-state index in [1.807, 2.05) is 0 Å². The van der Waals surface area contributed by atoms with Crippen LogP contribution in [0.25, 0.3) is 11.0 Å². The molecule has 1 atom stereocenters. The Morgan fingerprint density at radius 3 is 2.47 bits per heavy atom. The van der Waals surface area contributed by atoms with Gasteiger partial charge < -0.3 is 19.9 Å². The monoisotopic (exact) mass is 499 g/mol. The zero-order chi connectivity index (χ0) is 26.9. The predicted octanol–water partition coefficient (Wildman–Crippen LogP) is 1.46. The molecular formula is C24H29N5O7. The first-order valence-electron chi connectivity index (χ1n) is 11.1. The van der Waals surface area contributed by atoms with E-state index in [2.05, 4.69) is 46.9 Å². The van der Waals surface area contributed by atoms with Gasteiger partial charge in [-0.3, -0.25) is 19.7 Å². The van der Waals surface area contributed by atoms with Gasteiger partial charge in [0.15, 0.2) is 5.65 Å². The van der Waals surface area contributed by atoms with E-state index in [9.17, 15) is 24.3 Å². The smallest absolute Gasteiger partial charge is 0.328 e. The predicted molar refractivity (Wildman–Crippen MR) is 128 cm³/mol. The van der Waals surface area contributed by atoms with Crippen LogP contribution in [0.2, 0.25) is 0 Å². The van der Waals surface area contributed by atoms with Gasteiger partial charge in [0.25, 0.3) is 0 Å². The van der Waals surface area contributed by atoms with Crippen LogP contribution < -0.4 is 10.6 Å². The van der Waals surface area contributed by atoms with Crippen molar-refractivity contribution >= 4 is 40.7 Å². The van der Waals surface area contributed by atoms with Crippen molar-refractivity contribution in [1.29, 1.82) is 0 Å². The Morgan fingerprint density at radius 2 is 1.83 bits per heavy atom. The van der Waals surface area contributed by atoms with E-state index in [4.69, 9.17) is 0 Å². The minimum Gasteiger partial charge on any atom is -0.493 e. The van der Waals surface area contributed by atoms with Crippen LogP contribution >= 0.6 is 0 Å². The number of rotatable bonds is 8. The number of nitrogens with zero attached hydrogens (tertiary/aromatic N) is 3. The van der Waals surface area contributed by atoms with Gasteiger partial charge in [-0.05, 0) is 12.5 Å². The molecule has 0 spiro atoms. The molecular weight excluding hydrogens is 470 g/mol. The van der Waals surface area contributed by atoms with Crippen LogP contribution in [-0.4, -0.2) is 64.1 Å². The summed E-state index contributed by atoms with van der Waals surface area (Å²) in [6.07, 6.45) is 1.62. The minimum atomic E-state index is -0.972. The van der Waals surface area contributed by atoms with Crippen molar-refractivity contribution in [3.05, 3.63) is 17.8 Å². The van der Waals surface area contributed by atoms with E-state index in [1.54, 1.807) is 26.8 Å². The molecule has 2 rings (SSSR count). The van der Waals surface area contributed by atoms with E-state index in [0.29, 0.717) is 5.56 Å². The van der Waals surface area contributed by atoms with Gasteiger partial charge in [0.05, 0.1) is 19.6 Å². The summed E-state index contributed by atoms with van der Waals surface area (Å²) in [6, 6.07) is 0.570. The van der Waals surface area contributed by atoms with Crippen molar-refractivity contribution in [2.75, 3.05) is 19.5 Å². The molecule has 0 fully saturated rings. The van der Waals surface area contributed by atoms with Crippen LogP contribution in [0, 0.1) is 17.3 Å². The molecule has 2 heterocycles. The maximum Gasteiger partial charge on any atom is 0.328 e. The third kappa shape index (κ3) is 8.19. The Hall–Kier alpha value is -4.27. The largest absolute Gasteiger partial charge is 0.493 e. The number of carbonyl (C=O) groups is 4. The lowest BCUT2D eigenvalue weighted by molar-refractivity contribution is -0.146. The lowest BCUT2D eigenvalue weighted by atomic mass is 9.96. The maximum atomic E-state index is 12.2. The Kier molecular flexibility index (Phi) is 9.66. The van der Waals surface area contributed by atoms with Crippen LogP contribution in [0.15, 0.2) is 12.3 Å². The molecule has 0 aliphatic heterocycles. The van der Waals surface area contributed by atoms with Crippen LogP contribution in [0.5, 0.6) is 5.88 Å². The van der Waals surface area contributed by atoms with Gasteiger partial charge in [0.1, 0.15) is 6.04 Å². The average molecular weight is 500 g/mol. The molecule has 192 valence electrons. The number of nitrogens with one attached hydrogen (secondary N) is 2. The van der Waals surface area contributed by atoms with Crippen LogP contribution in [0.4, 0.5) is 5.95 Å². The van der Waals surface area contributed by atoms with Crippen molar-refractivity contribution in [3.63, 3.8) is 0 Å². The Bertz CT molecular complexity index is 1210. The zero-order valence-electron chi connectivity index (χ0n) is 20.8. The van der Waals surface area contributed by atoms with Crippen molar-refractivity contribution in [2.24, 2.45) is 5.41 Å². The first kappa shape index (κ1) is 28.0. The Morgan fingerprint density at radius 1 is 1.11 bits per heavy atom. The highest BCUT2D eigenvalue weighted by molar-refractivity contribution is 5.94. The zero-order valence-corrected chi connectivity index (χ0v) is 20.8. The number of methoxy groups -OCH3 is 2. The number of esters is 2. The van der Waals surface area contributed by atoms with Crippen molar-refractivity contribution in [1.82, 2.24) is 20.3 Å². The summed E-state index contributed by atoms with van der Waals surface area (Å²) < 4.78 is 9.20. The first-order chi connectivity index (χ1) is 16.9. The molecule has 0 bridgehead atoms. The number of anilines is 1. The maximum absolute atomic E-state index is 12.2. The number of aromatic nitrogens is 3. The SMILES string of the molecule is COC(=O)CC[C@H](NC(=O)CCC#Cc1cnc2nc(NC(=O)C(C)(C)C)nc(O)c2c1)C(=O)OC. The summed E-state index contributed by atoms with van der Waals surface area (Å²) in [7, 11) is 2.42. The minimum absolute atomic E-state index is 0.00489. The van der Waals surface area contributed by atoms with Gasteiger partial charge in [-0.1, -0.05) is 32.6 Å². The summed E-state index contributed by atoms with van der Waals surface area (Å²) in [5.74, 6) is 3.33. The van der Waals surface area contributed by atoms with Gasteiger partial charge in [0, 0.05) is 36.4 Å². The molecule has 0 aliphatic rings. The molecule has 12 heteroatoms. The molecule has 3 N–H and O–H groups in total. The van der Waals surface area contributed by atoms with Crippen LogP contribution in [0.1, 0.15) is 52.0 Å². The number of amides is 2. The Labute approximate surface area is 208 Å². The number of fused-ring (bicyclic) bond motifs is 1. The molecule has 0 radical (unpaired) electrons. The summed E-state index contributed by atoms with van der Waals surface area (Å²) in [6.45, 7) is 5.20. The topological polar surface area (TPSA) is 170 Å². The second-order valence-corrected chi connectivity index (χ2v) is 8.73. The fraction of sp³-hybridized carbons (Fsp3) is 0.458. The van der Waals surface area contributed by atoms with Gasteiger partial charge in [-0.15, -0.1) is 0 Å². The Balaban J connectivity index is 2.01. The summed E-state index contributed by atoms with van der Waals surface area (Å²) in [4.78, 5) is 59.7. The van der Waals surface area contributed by atoms with Gasteiger partial charge in [0.2, 0.25) is 23.6 Å². The fourth-order valence-corrected chi connectivity index (χ4v) is 2.77. The van der Waals surface area contributed by atoms with E-state index < -0.39 is 29.3 Å². The fourth-order valence-electron chi connectivity index (χ4n) is 2.77. The number of ether oxygens (including phenoxy) is 2. The molecule has 0 aliphatic carbocycles. The average Bonchev–Trinajstić information content (AvgIpc) is 2.83. The second-order valence-electron chi connectivity index (χ2n) is 8.73. The number of aromatic hydroxyl groups is 1. The van der Waals surface area contributed by atoms with Crippen LogP contribution in [0.3, 0.4) is 0 Å². The van der Waals surface area contributed by atoms with E-state index in [-0.39, 0.29) is 54.5 Å². The third-order valence-electron chi connectivity index (χ3n) is 4.83. The number of pyridine rings is 1. The molecule has 12 nitrogen and oxygen atoms in total. The molecule has 2 aromatic rings. The highest BCUT2D eigenvalue weighted by Crippen LogP contribution is 2.23. The normalized spacial score (nSPS) is 11.6. The van der Waals surface area contributed by atoms with E-state index in [1.165, 1.54) is 20.4 Å².